The largest absolute Gasteiger partial charge is 0.480 e. The number of piperazine rings is 1. The molecule has 1 atom stereocenters. The third kappa shape index (κ3) is 5.59. The predicted molar refractivity (Wildman–Crippen MR) is 147 cm³/mol. The van der Waals surface area contributed by atoms with Crippen LogP contribution in [0.5, 0.6) is 0 Å². The highest BCUT2D eigenvalue weighted by molar-refractivity contribution is 7.10. The number of hydrogen-bond donors (Lipinski definition) is 1. The Bertz CT molecular complexity index is 1320. The molecule has 9 heteroatoms. The lowest BCUT2D eigenvalue weighted by Gasteiger charge is -2.38. The number of carboxylic acid groups (broad SMARTS) is 1. The second-order valence-corrected chi connectivity index (χ2v) is 11.1. The second kappa shape index (κ2) is 11.6. The van der Waals surface area contributed by atoms with E-state index in [4.69, 9.17) is 0 Å². The van der Waals surface area contributed by atoms with E-state index in [2.05, 4.69) is 11.1 Å². The number of carboxylic acids is 1. The first-order valence-electron chi connectivity index (χ1n) is 13.4. The summed E-state index contributed by atoms with van der Waals surface area (Å²) in [7, 11) is 0. The van der Waals surface area contributed by atoms with Crippen LogP contribution in [-0.4, -0.2) is 81.3 Å². The van der Waals surface area contributed by atoms with Crippen LogP contribution in [0.3, 0.4) is 0 Å². The Morgan fingerprint density at radius 3 is 2.68 bits per heavy atom. The van der Waals surface area contributed by atoms with Gasteiger partial charge in [-0.15, -0.1) is 11.3 Å². The zero-order chi connectivity index (χ0) is 26.6. The number of carbonyl (C=O) groups is 3. The van der Waals surface area contributed by atoms with Crippen molar-refractivity contribution in [1.29, 1.82) is 0 Å². The molecule has 1 saturated carbocycles. The number of thiophene rings is 1. The van der Waals surface area contributed by atoms with Gasteiger partial charge in [0.05, 0.1) is 30.2 Å². The Labute approximate surface area is 226 Å². The van der Waals surface area contributed by atoms with Gasteiger partial charge in [-0.25, -0.2) is 0 Å². The number of pyridine rings is 1. The lowest BCUT2D eigenvalue weighted by molar-refractivity contribution is -0.143. The molecule has 1 aliphatic heterocycles. The normalized spacial score (nSPS) is 18.0. The third-order valence-corrected chi connectivity index (χ3v) is 8.67. The van der Waals surface area contributed by atoms with Gasteiger partial charge >= 0.3 is 5.97 Å². The van der Waals surface area contributed by atoms with Crippen molar-refractivity contribution in [2.75, 3.05) is 32.7 Å². The van der Waals surface area contributed by atoms with Gasteiger partial charge in [-0.3, -0.25) is 24.3 Å². The van der Waals surface area contributed by atoms with E-state index in [-0.39, 0.29) is 30.9 Å². The minimum absolute atomic E-state index is 0.0479. The van der Waals surface area contributed by atoms with E-state index in [1.54, 1.807) is 4.90 Å². The number of aliphatic carboxylic acids is 1. The molecule has 2 aliphatic rings. The number of benzene rings is 1. The smallest absolute Gasteiger partial charge is 0.317 e. The molecule has 0 bridgehead atoms. The lowest BCUT2D eigenvalue weighted by Crippen LogP contribution is -2.52. The van der Waals surface area contributed by atoms with Crippen LogP contribution in [0.2, 0.25) is 0 Å². The Balaban J connectivity index is 1.47. The highest BCUT2D eigenvalue weighted by Gasteiger charge is 2.34. The van der Waals surface area contributed by atoms with Crippen molar-refractivity contribution in [1.82, 2.24) is 19.7 Å². The highest BCUT2D eigenvalue weighted by atomic mass is 32.1. The van der Waals surface area contributed by atoms with Gasteiger partial charge in [0.2, 0.25) is 5.91 Å². The van der Waals surface area contributed by atoms with Crippen molar-refractivity contribution < 1.29 is 19.5 Å². The topological polar surface area (TPSA) is 94.1 Å². The van der Waals surface area contributed by atoms with Gasteiger partial charge < -0.3 is 14.9 Å². The van der Waals surface area contributed by atoms with Gasteiger partial charge in [0.25, 0.3) is 5.91 Å². The quantitative estimate of drug-likeness (QED) is 0.460. The van der Waals surface area contributed by atoms with Gasteiger partial charge in [-0.1, -0.05) is 37.5 Å². The summed E-state index contributed by atoms with van der Waals surface area (Å²) in [6, 6.07) is 11.8. The summed E-state index contributed by atoms with van der Waals surface area (Å²) in [6.45, 7) is 3.47. The predicted octanol–water partition coefficient (Wildman–Crippen LogP) is 4.41. The molecule has 5 rings (SSSR count). The maximum absolute atomic E-state index is 13.6. The standard InChI is InChI=1S/C29H34N4O4S/c1-2-32(23-9-4-3-5-10-23)29(37)22-15-25(38-19-22)28(21-14-20-8-6-7-11-24(20)30-16-21)33-13-12-31(17-26(33)34)18-27(35)36/h6-8,11,14-16,19,23,28H,2-5,9-10,12-13,17-18H2,1H3,(H,35,36). The molecule has 1 aliphatic carbocycles. The van der Waals surface area contributed by atoms with Crippen LogP contribution in [0.1, 0.15) is 65.9 Å². The Morgan fingerprint density at radius 1 is 1.16 bits per heavy atom. The molecule has 1 unspecified atom stereocenters. The van der Waals surface area contributed by atoms with E-state index in [0.717, 1.165) is 47.0 Å². The van der Waals surface area contributed by atoms with Gasteiger partial charge in [0, 0.05) is 47.5 Å². The van der Waals surface area contributed by atoms with E-state index in [9.17, 15) is 19.5 Å². The van der Waals surface area contributed by atoms with E-state index in [1.165, 1.54) is 17.8 Å². The number of rotatable bonds is 8. The molecular formula is C29H34N4O4S. The van der Waals surface area contributed by atoms with Crippen LogP contribution in [0.25, 0.3) is 10.9 Å². The van der Waals surface area contributed by atoms with Crippen LogP contribution in [0.4, 0.5) is 0 Å². The molecule has 8 nitrogen and oxygen atoms in total. The molecule has 2 amide bonds. The maximum Gasteiger partial charge on any atom is 0.317 e. The van der Waals surface area contributed by atoms with Crippen LogP contribution in [-0.2, 0) is 9.59 Å². The summed E-state index contributed by atoms with van der Waals surface area (Å²) in [5, 5.41) is 12.1. The van der Waals surface area contributed by atoms with Gasteiger partial charge in [0.15, 0.2) is 0 Å². The van der Waals surface area contributed by atoms with Crippen LogP contribution < -0.4 is 0 Å². The molecule has 1 saturated heterocycles. The van der Waals surface area contributed by atoms with E-state index in [0.29, 0.717) is 25.2 Å². The molecule has 2 aromatic heterocycles. The van der Waals surface area contributed by atoms with Gasteiger partial charge in [-0.2, -0.15) is 0 Å². The molecule has 3 heterocycles. The van der Waals surface area contributed by atoms with Crippen molar-refractivity contribution >= 4 is 40.0 Å². The Hall–Kier alpha value is -3.30. The minimum Gasteiger partial charge on any atom is -0.480 e. The van der Waals surface area contributed by atoms with Gasteiger partial charge in [-0.05, 0) is 43.5 Å². The monoisotopic (exact) mass is 534 g/mol. The Kier molecular flexibility index (Phi) is 8.04. The van der Waals surface area contributed by atoms with E-state index >= 15 is 0 Å². The summed E-state index contributed by atoms with van der Waals surface area (Å²) in [5.74, 6) is -1.02. The van der Waals surface area contributed by atoms with E-state index < -0.39 is 12.0 Å². The molecule has 200 valence electrons. The zero-order valence-corrected chi connectivity index (χ0v) is 22.5. The number of nitrogens with zero attached hydrogens (tertiary/aromatic N) is 4. The summed E-state index contributed by atoms with van der Waals surface area (Å²) >= 11 is 1.49. The van der Waals surface area contributed by atoms with Crippen molar-refractivity contribution in [3.8, 4) is 0 Å². The van der Waals surface area contributed by atoms with Gasteiger partial charge in [0.1, 0.15) is 0 Å². The third-order valence-electron chi connectivity index (χ3n) is 7.69. The average Bonchev–Trinajstić information content (AvgIpc) is 3.40. The molecule has 0 radical (unpaired) electrons. The SMILES string of the molecule is CCN(C(=O)c1csc(C(c2cnc3ccccc3c2)N2CCN(CC(=O)O)CC2=O)c1)C1CCCCC1. The summed E-state index contributed by atoms with van der Waals surface area (Å²) < 4.78 is 0. The fourth-order valence-electron chi connectivity index (χ4n) is 5.80. The maximum atomic E-state index is 13.6. The number of hydrogen-bond acceptors (Lipinski definition) is 6. The Morgan fingerprint density at radius 2 is 1.95 bits per heavy atom. The number of para-hydroxylation sites is 1. The number of carbonyl (C=O) groups excluding carboxylic acids is 2. The summed E-state index contributed by atoms with van der Waals surface area (Å²) in [4.78, 5) is 49.2. The molecule has 1 N–H and O–H groups in total. The van der Waals surface area contributed by atoms with E-state index in [1.807, 2.05) is 58.6 Å². The molecular weight excluding hydrogens is 500 g/mol. The number of fused-ring (bicyclic) bond motifs is 1. The van der Waals surface area contributed by atoms with Crippen molar-refractivity contribution in [2.24, 2.45) is 0 Å². The van der Waals surface area contributed by atoms with Crippen LogP contribution >= 0.6 is 11.3 Å². The first-order chi connectivity index (χ1) is 18.4. The fraction of sp³-hybridized carbons (Fsp3) is 0.448. The molecule has 0 spiro atoms. The fourth-order valence-corrected chi connectivity index (χ4v) is 6.82. The molecule has 1 aromatic carbocycles. The first-order valence-corrected chi connectivity index (χ1v) is 14.3. The number of amides is 2. The second-order valence-electron chi connectivity index (χ2n) is 10.2. The zero-order valence-electron chi connectivity index (χ0n) is 21.7. The number of aromatic nitrogens is 1. The van der Waals surface area contributed by atoms with Crippen molar-refractivity contribution in [3.05, 3.63) is 64.0 Å². The average molecular weight is 535 g/mol. The minimum atomic E-state index is -0.943. The highest BCUT2D eigenvalue weighted by Crippen LogP contribution is 2.36. The van der Waals surface area contributed by atoms with Crippen LogP contribution in [0, 0.1) is 0 Å². The van der Waals surface area contributed by atoms with Crippen molar-refractivity contribution in [2.45, 2.75) is 51.1 Å². The summed E-state index contributed by atoms with van der Waals surface area (Å²) in [6.07, 6.45) is 7.48. The lowest BCUT2D eigenvalue weighted by atomic mass is 9.94. The molecule has 2 fully saturated rings. The van der Waals surface area contributed by atoms with Crippen molar-refractivity contribution in [3.63, 3.8) is 0 Å². The summed E-state index contributed by atoms with van der Waals surface area (Å²) in [5.41, 5.74) is 2.41. The molecule has 3 aromatic rings. The first kappa shape index (κ1) is 26.3. The van der Waals surface area contributed by atoms with Crippen LogP contribution in [0.15, 0.2) is 48.0 Å². The molecule has 38 heavy (non-hydrogen) atoms.